The zero-order valence-corrected chi connectivity index (χ0v) is 15.0. The van der Waals surface area contributed by atoms with Crippen LogP contribution in [0.25, 0.3) is 0 Å². The van der Waals surface area contributed by atoms with Gasteiger partial charge < -0.3 is 15.5 Å². The van der Waals surface area contributed by atoms with Crippen molar-refractivity contribution in [3.63, 3.8) is 0 Å². The van der Waals surface area contributed by atoms with Gasteiger partial charge in [-0.25, -0.2) is 0 Å². The number of fused-ring (bicyclic) bond motifs is 2. The minimum Gasteiger partial charge on any atom is -0.385 e. The van der Waals surface area contributed by atoms with E-state index in [1.54, 1.807) is 12.1 Å². The van der Waals surface area contributed by atoms with Crippen LogP contribution in [-0.4, -0.2) is 47.4 Å². The van der Waals surface area contributed by atoms with Gasteiger partial charge in [0.15, 0.2) is 0 Å². The fraction of sp³-hybridized carbons (Fsp3) is 0.588. The molecule has 3 rings (SSSR count). The van der Waals surface area contributed by atoms with Crippen molar-refractivity contribution in [2.75, 3.05) is 25.0 Å². The molecule has 25 heavy (non-hydrogen) atoms. The average Bonchev–Trinajstić information content (AvgIpc) is 2.84. The molecule has 2 saturated heterocycles. The molecule has 138 valence electrons. The van der Waals surface area contributed by atoms with E-state index >= 15 is 0 Å². The third-order valence-corrected chi connectivity index (χ3v) is 4.92. The van der Waals surface area contributed by atoms with Crippen molar-refractivity contribution in [3.8, 4) is 0 Å². The maximum Gasteiger partial charge on any atom is 0.269 e. The number of carbonyl (C=O) groups is 1. The van der Waals surface area contributed by atoms with Crippen molar-refractivity contribution in [2.24, 2.45) is 0 Å². The maximum absolute atomic E-state index is 12.5. The number of rotatable bonds is 6. The highest BCUT2D eigenvalue weighted by Crippen LogP contribution is 2.28. The Labute approximate surface area is 153 Å². The zero-order chi connectivity index (χ0) is 16.9. The first kappa shape index (κ1) is 19.5. The molecule has 1 amide bonds. The quantitative estimate of drug-likeness (QED) is 0.457. The molecule has 2 fully saturated rings. The largest absolute Gasteiger partial charge is 0.385 e. The molecule has 1 aromatic rings. The minimum atomic E-state index is -0.410. The van der Waals surface area contributed by atoms with Gasteiger partial charge in [0, 0.05) is 49.4 Å². The van der Waals surface area contributed by atoms with Gasteiger partial charge >= 0.3 is 0 Å². The third-order valence-electron chi connectivity index (χ3n) is 4.92. The van der Waals surface area contributed by atoms with Crippen molar-refractivity contribution in [1.29, 1.82) is 0 Å². The number of anilines is 1. The number of benzene rings is 1. The van der Waals surface area contributed by atoms with Crippen LogP contribution in [0.4, 0.5) is 11.4 Å². The molecule has 2 bridgehead atoms. The van der Waals surface area contributed by atoms with Crippen LogP contribution >= 0.6 is 12.4 Å². The van der Waals surface area contributed by atoms with Gasteiger partial charge in [0.2, 0.25) is 5.91 Å². The molecule has 2 aliphatic heterocycles. The molecule has 0 aliphatic carbocycles. The lowest BCUT2D eigenvalue weighted by Crippen LogP contribution is -2.42. The Morgan fingerprint density at radius 1 is 1.24 bits per heavy atom. The summed E-state index contributed by atoms with van der Waals surface area (Å²) >= 11 is 0. The van der Waals surface area contributed by atoms with E-state index in [9.17, 15) is 14.9 Å². The summed E-state index contributed by atoms with van der Waals surface area (Å²) in [5.41, 5.74) is 0.924. The van der Waals surface area contributed by atoms with Gasteiger partial charge in [0.1, 0.15) is 0 Å². The molecule has 0 saturated carbocycles. The number of hydrogen-bond donors (Lipinski definition) is 2. The molecule has 0 aromatic heterocycles. The van der Waals surface area contributed by atoms with Crippen LogP contribution in [0.5, 0.6) is 0 Å². The average molecular weight is 369 g/mol. The molecule has 2 aliphatic rings. The lowest BCUT2D eigenvalue weighted by molar-refractivity contribution is -0.384. The van der Waals surface area contributed by atoms with Gasteiger partial charge in [-0.2, -0.15) is 0 Å². The van der Waals surface area contributed by atoms with E-state index in [0.717, 1.165) is 44.5 Å². The second kappa shape index (κ2) is 9.01. The Kier molecular flexibility index (Phi) is 7.01. The van der Waals surface area contributed by atoms with Crippen molar-refractivity contribution in [3.05, 3.63) is 34.4 Å². The first-order valence-corrected chi connectivity index (χ1v) is 8.65. The molecule has 0 spiro atoms. The Bertz CT molecular complexity index is 582. The summed E-state index contributed by atoms with van der Waals surface area (Å²) in [4.78, 5) is 24.9. The van der Waals surface area contributed by atoms with E-state index < -0.39 is 4.92 Å². The van der Waals surface area contributed by atoms with Crippen LogP contribution in [-0.2, 0) is 4.79 Å². The van der Waals surface area contributed by atoms with Crippen LogP contribution in [0.15, 0.2) is 24.3 Å². The molecule has 2 atom stereocenters. The van der Waals surface area contributed by atoms with Gasteiger partial charge in [-0.1, -0.05) is 0 Å². The number of non-ortho nitro benzene ring substituents is 1. The number of nitro benzene ring substituents is 1. The van der Waals surface area contributed by atoms with Gasteiger partial charge in [0.05, 0.1) is 4.92 Å². The molecule has 0 radical (unpaired) electrons. The highest BCUT2D eigenvalue weighted by Gasteiger charge is 2.37. The number of carbonyl (C=O) groups excluding carboxylic acids is 1. The van der Waals surface area contributed by atoms with E-state index in [1.807, 2.05) is 0 Å². The Hall–Kier alpha value is -1.86. The number of nitrogens with one attached hydrogen (secondary N) is 2. The predicted molar refractivity (Wildman–Crippen MR) is 99.2 cm³/mol. The number of nitrogens with zero attached hydrogens (tertiary/aromatic N) is 2. The summed E-state index contributed by atoms with van der Waals surface area (Å²) in [6.07, 6.45) is 4.62. The van der Waals surface area contributed by atoms with Crippen molar-refractivity contribution in [2.45, 2.75) is 44.2 Å². The van der Waals surface area contributed by atoms with Crippen LogP contribution in [0.3, 0.4) is 0 Å². The van der Waals surface area contributed by atoms with Crippen molar-refractivity contribution in [1.82, 2.24) is 10.2 Å². The number of hydrogen-bond acceptors (Lipinski definition) is 5. The molecule has 1 aromatic carbocycles. The fourth-order valence-electron chi connectivity index (χ4n) is 3.69. The lowest BCUT2D eigenvalue weighted by Gasteiger charge is -2.28. The lowest BCUT2D eigenvalue weighted by atomic mass is 10.1. The van der Waals surface area contributed by atoms with Crippen LogP contribution in [0, 0.1) is 10.1 Å². The molecule has 7 nitrogen and oxygen atoms in total. The van der Waals surface area contributed by atoms with E-state index in [0.29, 0.717) is 25.0 Å². The van der Waals surface area contributed by atoms with Gasteiger partial charge in [-0.15, -0.1) is 12.4 Å². The Morgan fingerprint density at radius 2 is 1.96 bits per heavy atom. The second-order valence-electron chi connectivity index (χ2n) is 6.51. The first-order chi connectivity index (χ1) is 11.6. The summed E-state index contributed by atoms with van der Waals surface area (Å²) < 4.78 is 0. The van der Waals surface area contributed by atoms with Crippen LogP contribution < -0.4 is 10.6 Å². The van der Waals surface area contributed by atoms with E-state index in [4.69, 9.17) is 0 Å². The van der Waals surface area contributed by atoms with Crippen LogP contribution in [0.1, 0.15) is 32.1 Å². The standard InChI is InChI=1S/C17H24N4O3.ClH/c22-17(20-14-7-8-16(20)12-18-11-9-14)2-1-10-19-13-3-5-15(6-4-13)21(23)24;/h3-6,14,16,18-19H,1-2,7-12H2;1H. The van der Waals surface area contributed by atoms with E-state index in [-0.39, 0.29) is 24.0 Å². The normalized spacial score (nSPS) is 22.0. The topological polar surface area (TPSA) is 87.5 Å². The predicted octanol–water partition coefficient (Wildman–Crippen LogP) is 2.56. The fourth-order valence-corrected chi connectivity index (χ4v) is 3.69. The smallest absolute Gasteiger partial charge is 0.269 e. The van der Waals surface area contributed by atoms with Crippen LogP contribution in [0.2, 0.25) is 0 Å². The molecule has 2 N–H and O–H groups in total. The molecule has 2 heterocycles. The summed E-state index contributed by atoms with van der Waals surface area (Å²) in [6, 6.07) is 7.14. The van der Waals surface area contributed by atoms with E-state index in [1.165, 1.54) is 12.1 Å². The van der Waals surface area contributed by atoms with Crippen molar-refractivity contribution < 1.29 is 9.72 Å². The summed E-state index contributed by atoms with van der Waals surface area (Å²) in [5.74, 6) is 0.261. The highest BCUT2D eigenvalue weighted by atomic mass is 35.5. The van der Waals surface area contributed by atoms with Gasteiger partial charge in [0.25, 0.3) is 5.69 Å². The molecular formula is C17H25ClN4O3. The molecular weight excluding hydrogens is 344 g/mol. The molecule has 8 heteroatoms. The Morgan fingerprint density at radius 3 is 2.68 bits per heavy atom. The second-order valence-corrected chi connectivity index (χ2v) is 6.51. The molecule has 2 unspecified atom stereocenters. The summed E-state index contributed by atoms with van der Waals surface area (Å²) in [6.45, 7) is 2.61. The number of halogens is 1. The minimum absolute atomic E-state index is 0. The third kappa shape index (κ3) is 4.83. The zero-order valence-electron chi connectivity index (χ0n) is 14.1. The Balaban J connectivity index is 0.00000225. The SMILES string of the molecule is Cl.O=C(CCCNc1ccc([N+](=O)[O-])cc1)N1C2CCNCC1CC2. The monoisotopic (exact) mass is 368 g/mol. The van der Waals surface area contributed by atoms with Gasteiger partial charge in [-0.3, -0.25) is 14.9 Å². The highest BCUT2D eigenvalue weighted by molar-refractivity contribution is 5.85. The first-order valence-electron chi connectivity index (χ1n) is 8.65. The summed E-state index contributed by atoms with van der Waals surface area (Å²) in [5, 5.41) is 17.2. The number of nitro groups is 1. The van der Waals surface area contributed by atoms with E-state index in [2.05, 4.69) is 15.5 Å². The summed E-state index contributed by atoms with van der Waals surface area (Å²) in [7, 11) is 0. The maximum atomic E-state index is 12.5. The number of amides is 1. The van der Waals surface area contributed by atoms with Crippen molar-refractivity contribution >= 4 is 29.7 Å². The van der Waals surface area contributed by atoms with Gasteiger partial charge in [-0.05, 0) is 44.4 Å².